The molecule has 102 valence electrons. The first kappa shape index (κ1) is 14.8. The van der Waals surface area contributed by atoms with E-state index in [2.05, 4.69) is 10.3 Å². The van der Waals surface area contributed by atoms with Gasteiger partial charge >= 0.3 is 6.18 Å². The highest BCUT2D eigenvalue weighted by Crippen LogP contribution is 2.21. The van der Waals surface area contributed by atoms with E-state index in [9.17, 15) is 13.2 Å². The van der Waals surface area contributed by atoms with E-state index in [1.165, 1.54) is 13.2 Å². The SMILES string of the molecule is CCCNCc1cccnc1N(C)CC(F)(F)F. The largest absolute Gasteiger partial charge is 0.405 e. The molecular weight excluding hydrogens is 243 g/mol. The zero-order valence-corrected chi connectivity index (χ0v) is 10.6. The van der Waals surface area contributed by atoms with E-state index in [0.717, 1.165) is 23.4 Å². The first-order valence-corrected chi connectivity index (χ1v) is 5.86. The molecule has 0 unspecified atom stereocenters. The van der Waals surface area contributed by atoms with Crippen molar-refractivity contribution in [2.45, 2.75) is 26.1 Å². The van der Waals surface area contributed by atoms with Crippen LogP contribution in [0.4, 0.5) is 19.0 Å². The highest BCUT2D eigenvalue weighted by Gasteiger charge is 2.30. The summed E-state index contributed by atoms with van der Waals surface area (Å²) in [5.74, 6) is 0.374. The summed E-state index contributed by atoms with van der Waals surface area (Å²) in [7, 11) is 1.40. The zero-order valence-electron chi connectivity index (χ0n) is 10.6. The summed E-state index contributed by atoms with van der Waals surface area (Å²) in [5, 5.41) is 3.16. The predicted octanol–water partition coefficient (Wildman–Crippen LogP) is 2.58. The highest BCUT2D eigenvalue weighted by molar-refractivity contribution is 5.46. The molecule has 1 heterocycles. The van der Waals surface area contributed by atoms with E-state index in [4.69, 9.17) is 0 Å². The second kappa shape index (κ2) is 6.58. The Bertz CT molecular complexity index is 366. The molecule has 0 amide bonds. The lowest BCUT2D eigenvalue weighted by atomic mass is 10.2. The third-order valence-electron chi connectivity index (χ3n) is 2.39. The molecule has 1 rings (SSSR count). The van der Waals surface area contributed by atoms with Gasteiger partial charge in [0.25, 0.3) is 0 Å². The van der Waals surface area contributed by atoms with Gasteiger partial charge in [-0.2, -0.15) is 13.2 Å². The van der Waals surface area contributed by atoms with Gasteiger partial charge in [0, 0.05) is 25.4 Å². The second-order valence-corrected chi connectivity index (χ2v) is 4.13. The number of anilines is 1. The van der Waals surface area contributed by atoms with Crippen molar-refractivity contribution in [3.8, 4) is 0 Å². The van der Waals surface area contributed by atoms with Gasteiger partial charge in [0.05, 0.1) is 0 Å². The van der Waals surface area contributed by atoms with Crippen molar-refractivity contribution < 1.29 is 13.2 Å². The molecule has 0 aliphatic rings. The lowest BCUT2D eigenvalue weighted by Gasteiger charge is -2.22. The number of aromatic nitrogens is 1. The first-order chi connectivity index (χ1) is 8.44. The van der Waals surface area contributed by atoms with Crippen LogP contribution >= 0.6 is 0 Å². The summed E-state index contributed by atoms with van der Waals surface area (Å²) in [6, 6.07) is 3.52. The predicted molar refractivity (Wildman–Crippen MR) is 65.6 cm³/mol. The lowest BCUT2D eigenvalue weighted by molar-refractivity contribution is -0.119. The van der Waals surface area contributed by atoms with Gasteiger partial charge < -0.3 is 10.2 Å². The van der Waals surface area contributed by atoms with Crippen molar-refractivity contribution in [3.63, 3.8) is 0 Å². The Hall–Kier alpha value is -1.30. The van der Waals surface area contributed by atoms with Crippen LogP contribution in [0.3, 0.4) is 0 Å². The normalized spacial score (nSPS) is 11.6. The molecule has 1 aromatic heterocycles. The maximum Gasteiger partial charge on any atom is 0.405 e. The van der Waals surface area contributed by atoms with E-state index in [-0.39, 0.29) is 0 Å². The Kier molecular flexibility index (Phi) is 5.40. The molecule has 6 heteroatoms. The van der Waals surface area contributed by atoms with Crippen molar-refractivity contribution in [2.75, 3.05) is 25.0 Å². The maximum absolute atomic E-state index is 12.3. The molecule has 18 heavy (non-hydrogen) atoms. The molecule has 0 aromatic carbocycles. The lowest BCUT2D eigenvalue weighted by Crippen LogP contribution is -2.32. The molecule has 0 aliphatic heterocycles. The minimum absolute atomic E-state index is 0.374. The molecule has 0 bridgehead atoms. The van der Waals surface area contributed by atoms with Gasteiger partial charge in [-0.05, 0) is 19.0 Å². The van der Waals surface area contributed by atoms with E-state index in [0.29, 0.717) is 12.4 Å². The third kappa shape index (κ3) is 4.91. The fourth-order valence-electron chi connectivity index (χ4n) is 1.66. The minimum Gasteiger partial charge on any atom is -0.350 e. The summed E-state index contributed by atoms with van der Waals surface area (Å²) in [6.07, 6.45) is -1.74. The Balaban J connectivity index is 2.74. The van der Waals surface area contributed by atoms with E-state index in [1.54, 1.807) is 12.1 Å². The van der Waals surface area contributed by atoms with Crippen LogP contribution in [0.2, 0.25) is 0 Å². The van der Waals surface area contributed by atoms with Crippen LogP contribution < -0.4 is 10.2 Å². The highest BCUT2D eigenvalue weighted by atomic mass is 19.4. The van der Waals surface area contributed by atoms with Crippen LogP contribution in [-0.2, 0) is 6.54 Å². The molecule has 1 N–H and O–H groups in total. The molecule has 0 radical (unpaired) electrons. The van der Waals surface area contributed by atoms with Gasteiger partial charge in [0.15, 0.2) is 0 Å². The maximum atomic E-state index is 12.3. The Morgan fingerprint density at radius 3 is 2.72 bits per heavy atom. The van der Waals surface area contributed by atoms with Gasteiger partial charge in [-0.3, -0.25) is 0 Å². The van der Waals surface area contributed by atoms with Gasteiger partial charge in [-0.1, -0.05) is 13.0 Å². The van der Waals surface area contributed by atoms with Gasteiger partial charge in [-0.15, -0.1) is 0 Å². The number of hydrogen-bond donors (Lipinski definition) is 1. The van der Waals surface area contributed by atoms with Crippen LogP contribution in [0.5, 0.6) is 0 Å². The summed E-state index contributed by atoms with van der Waals surface area (Å²) in [4.78, 5) is 5.16. The molecule has 0 saturated heterocycles. The van der Waals surface area contributed by atoms with Gasteiger partial charge in [-0.25, -0.2) is 4.98 Å². The quantitative estimate of drug-likeness (QED) is 0.798. The van der Waals surface area contributed by atoms with Crippen LogP contribution in [-0.4, -0.2) is 31.3 Å². The molecule has 0 aliphatic carbocycles. The standard InChI is InChI=1S/C12H18F3N3/c1-3-6-16-8-10-5-4-7-17-11(10)18(2)9-12(13,14)15/h4-5,7,16H,3,6,8-9H2,1-2H3. The minimum atomic E-state index is -4.22. The van der Waals surface area contributed by atoms with Crippen molar-refractivity contribution >= 4 is 5.82 Å². The Morgan fingerprint density at radius 2 is 2.11 bits per heavy atom. The molecular formula is C12H18F3N3. The molecule has 0 saturated carbocycles. The average Bonchev–Trinajstić information content (AvgIpc) is 2.27. The number of halogens is 3. The van der Waals surface area contributed by atoms with E-state index >= 15 is 0 Å². The molecule has 0 atom stereocenters. The number of nitrogens with zero attached hydrogens (tertiary/aromatic N) is 2. The van der Waals surface area contributed by atoms with Crippen LogP contribution in [0.15, 0.2) is 18.3 Å². The number of nitrogens with one attached hydrogen (secondary N) is 1. The van der Waals surface area contributed by atoms with Crippen molar-refractivity contribution in [1.82, 2.24) is 10.3 Å². The average molecular weight is 261 g/mol. The molecule has 0 spiro atoms. The second-order valence-electron chi connectivity index (χ2n) is 4.13. The number of alkyl halides is 3. The molecule has 3 nitrogen and oxygen atoms in total. The van der Waals surface area contributed by atoms with Crippen LogP contribution in [0, 0.1) is 0 Å². The Morgan fingerprint density at radius 1 is 1.39 bits per heavy atom. The number of hydrogen-bond acceptors (Lipinski definition) is 3. The fourth-order valence-corrected chi connectivity index (χ4v) is 1.66. The summed E-state index contributed by atoms with van der Waals surface area (Å²) < 4.78 is 37.0. The smallest absolute Gasteiger partial charge is 0.350 e. The van der Waals surface area contributed by atoms with Crippen LogP contribution in [0.25, 0.3) is 0 Å². The summed E-state index contributed by atoms with van der Waals surface area (Å²) in [5.41, 5.74) is 0.776. The van der Waals surface area contributed by atoms with Gasteiger partial charge in [0.1, 0.15) is 12.4 Å². The van der Waals surface area contributed by atoms with E-state index in [1.807, 2.05) is 6.92 Å². The first-order valence-electron chi connectivity index (χ1n) is 5.86. The number of rotatable bonds is 6. The van der Waals surface area contributed by atoms with Crippen molar-refractivity contribution in [1.29, 1.82) is 0 Å². The third-order valence-corrected chi connectivity index (χ3v) is 2.39. The number of pyridine rings is 1. The van der Waals surface area contributed by atoms with Crippen molar-refractivity contribution in [2.24, 2.45) is 0 Å². The zero-order chi connectivity index (χ0) is 13.6. The topological polar surface area (TPSA) is 28.2 Å². The molecule has 1 aromatic rings. The van der Waals surface area contributed by atoms with Crippen molar-refractivity contribution in [3.05, 3.63) is 23.9 Å². The fraction of sp³-hybridized carbons (Fsp3) is 0.583. The Labute approximate surface area is 105 Å². The van der Waals surface area contributed by atoms with Crippen LogP contribution in [0.1, 0.15) is 18.9 Å². The molecule has 0 fully saturated rings. The monoisotopic (exact) mass is 261 g/mol. The summed E-state index contributed by atoms with van der Waals surface area (Å²) in [6.45, 7) is 2.40. The summed E-state index contributed by atoms with van der Waals surface area (Å²) >= 11 is 0. The van der Waals surface area contributed by atoms with E-state index < -0.39 is 12.7 Å². The van der Waals surface area contributed by atoms with Gasteiger partial charge in [0.2, 0.25) is 0 Å².